The molecule has 3 heterocycles. The van der Waals surface area contributed by atoms with Crippen LogP contribution in [0.1, 0.15) is 47.8 Å². The number of aliphatic hydroxyl groups excluding tert-OH is 2. The van der Waals surface area contributed by atoms with Gasteiger partial charge in [0, 0.05) is 42.6 Å². The van der Waals surface area contributed by atoms with Crippen molar-refractivity contribution in [2.24, 2.45) is 10.7 Å². The number of aliphatic hydroxyl groups is 3. The van der Waals surface area contributed by atoms with Gasteiger partial charge in [0.25, 0.3) is 0 Å². The maximum Gasteiger partial charge on any atom is 0.248 e. The second kappa shape index (κ2) is 12.6. The highest BCUT2D eigenvalue weighted by atomic mass is 35.5. The summed E-state index contributed by atoms with van der Waals surface area (Å²) in [7, 11) is 0. The number of fused-ring (bicyclic) bond motifs is 1. The number of aryl methyl sites for hydroxylation is 1. The number of aromatic nitrogens is 1. The zero-order valence-corrected chi connectivity index (χ0v) is 24.6. The van der Waals surface area contributed by atoms with Crippen molar-refractivity contribution in [1.29, 1.82) is 0 Å². The predicted octanol–water partition coefficient (Wildman–Crippen LogP) is 4.32. The molecule has 0 radical (unpaired) electrons. The number of allylic oxidation sites excluding steroid dienone is 1. The van der Waals surface area contributed by atoms with E-state index in [0.717, 1.165) is 24.2 Å². The molecule has 0 amide bonds. The number of halogens is 5. The number of pyridine rings is 1. The average molecular weight is 646 g/mol. The summed E-state index contributed by atoms with van der Waals surface area (Å²) in [6.07, 6.45) is -2.04. The Hall–Kier alpha value is -2.26. The quantitative estimate of drug-likeness (QED) is 0.199. The smallest absolute Gasteiger partial charge is 0.248 e. The van der Waals surface area contributed by atoms with Crippen LogP contribution in [0.15, 0.2) is 41.7 Å². The van der Waals surface area contributed by atoms with Crippen LogP contribution in [0.4, 0.5) is 17.6 Å². The maximum absolute atomic E-state index is 14.6. The van der Waals surface area contributed by atoms with Crippen molar-refractivity contribution in [1.82, 2.24) is 4.98 Å². The van der Waals surface area contributed by atoms with Crippen LogP contribution in [0.2, 0.25) is 5.02 Å². The summed E-state index contributed by atoms with van der Waals surface area (Å²) in [6.45, 7) is 1.68. The molecule has 4 unspecified atom stereocenters. The van der Waals surface area contributed by atoms with E-state index >= 15 is 0 Å². The van der Waals surface area contributed by atoms with Crippen LogP contribution in [0, 0.1) is 18.6 Å². The van der Waals surface area contributed by atoms with Crippen LogP contribution in [0.25, 0.3) is 5.57 Å². The lowest BCUT2D eigenvalue weighted by atomic mass is 9.79. The van der Waals surface area contributed by atoms with E-state index in [9.17, 15) is 32.9 Å². The van der Waals surface area contributed by atoms with E-state index in [1.165, 1.54) is 18.3 Å². The van der Waals surface area contributed by atoms with Crippen molar-refractivity contribution in [3.05, 3.63) is 70.1 Å². The molecular weight excluding hydrogens is 614 g/mol. The van der Waals surface area contributed by atoms with Gasteiger partial charge in [-0.3, -0.25) is 9.98 Å². The summed E-state index contributed by atoms with van der Waals surface area (Å²) in [4.78, 5) is 8.87. The van der Waals surface area contributed by atoms with Gasteiger partial charge >= 0.3 is 0 Å². The number of hydrogen-bond acceptors (Lipinski definition) is 9. The molecule has 2 aromatic rings. The fourth-order valence-electron chi connectivity index (χ4n) is 5.74. The summed E-state index contributed by atoms with van der Waals surface area (Å²) >= 11 is 6.68. The van der Waals surface area contributed by atoms with Gasteiger partial charge in [-0.25, -0.2) is 17.6 Å². The van der Waals surface area contributed by atoms with E-state index in [1.54, 1.807) is 19.1 Å². The number of ether oxygens (including phenoxy) is 2. The van der Waals surface area contributed by atoms with Crippen LogP contribution in [-0.4, -0.2) is 80.5 Å². The van der Waals surface area contributed by atoms with Gasteiger partial charge in [-0.1, -0.05) is 17.7 Å². The number of benzene rings is 1. The molecule has 7 atom stereocenters. The monoisotopic (exact) mass is 645 g/mol. The van der Waals surface area contributed by atoms with Crippen LogP contribution in [0.3, 0.4) is 0 Å². The Bertz CT molecular complexity index is 1390. The number of thioether (sulfide) groups is 1. The minimum atomic E-state index is -2.90. The van der Waals surface area contributed by atoms with Crippen LogP contribution < -0.4 is 5.73 Å². The first-order chi connectivity index (χ1) is 20.3. The molecule has 234 valence electrons. The summed E-state index contributed by atoms with van der Waals surface area (Å²) in [6, 6.07) is 4.83. The summed E-state index contributed by atoms with van der Waals surface area (Å²) < 4.78 is 68.8. The van der Waals surface area contributed by atoms with Gasteiger partial charge in [0.15, 0.2) is 11.6 Å². The lowest BCUT2D eigenvalue weighted by Crippen LogP contribution is -2.57. The molecule has 1 saturated carbocycles. The molecular formula is C29H32ClF4N3O5S. The highest BCUT2D eigenvalue weighted by molar-refractivity contribution is 8.00. The molecule has 5 rings (SSSR count). The largest absolute Gasteiger partial charge is 0.404 e. The van der Waals surface area contributed by atoms with Crippen molar-refractivity contribution in [2.75, 3.05) is 6.61 Å². The SMILES string of the molecule is Cc1cccnc1[C@@H](S[C@@H]1OC2C(O)CO[C@@H]2C(N=C/C(=C\N)c2ccc(Cl)c(F)c2F)C1O)C1(O)CCC(F)(F)CC1. The van der Waals surface area contributed by atoms with Crippen molar-refractivity contribution in [3.63, 3.8) is 0 Å². The van der Waals surface area contributed by atoms with Gasteiger partial charge in [0.05, 0.1) is 28.2 Å². The molecule has 43 heavy (non-hydrogen) atoms. The highest BCUT2D eigenvalue weighted by Gasteiger charge is 2.55. The normalized spacial score (nSPS) is 31.2. The number of nitrogens with zero attached hydrogens (tertiary/aromatic N) is 2. The molecule has 3 fully saturated rings. The lowest BCUT2D eigenvalue weighted by Gasteiger charge is -2.45. The minimum Gasteiger partial charge on any atom is -0.404 e. The number of rotatable bonds is 7. The van der Waals surface area contributed by atoms with Gasteiger partial charge in [0.1, 0.15) is 35.9 Å². The Morgan fingerprint density at radius 3 is 2.56 bits per heavy atom. The summed E-state index contributed by atoms with van der Waals surface area (Å²) in [5.41, 5.74) is 3.93. The molecule has 0 bridgehead atoms. The van der Waals surface area contributed by atoms with Crippen LogP contribution >= 0.6 is 23.4 Å². The Morgan fingerprint density at radius 2 is 1.88 bits per heavy atom. The third kappa shape index (κ3) is 6.44. The zero-order chi connectivity index (χ0) is 31.1. The molecule has 2 aliphatic heterocycles. The van der Waals surface area contributed by atoms with E-state index in [2.05, 4.69) is 9.98 Å². The fourth-order valence-corrected chi connectivity index (χ4v) is 7.53. The molecule has 1 aliphatic carbocycles. The van der Waals surface area contributed by atoms with Crippen molar-refractivity contribution >= 4 is 35.2 Å². The van der Waals surface area contributed by atoms with Crippen molar-refractivity contribution in [3.8, 4) is 0 Å². The third-order valence-electron chi connectivity index (χ3n) is 8.23. The molecule has 8 nitrogen and oxygen atoms in total. The molecule has 14 heteroatoms. The van der Waals surface area contributed by atoms with Crippen molar-refractivity contribution < 1.29 is 42.4 Å². The average Bonchev–Trinajstić information content (AvgIpc) is 3.34. The van der Waals surface area contributed by atoms with Gasteiger partial charge < -0.3 is 30.5 Å². The van der Waals surface area contributed by atoms with E-state index in [0.29, 0.717) is 11.3 Å². The fraction of sp³-hybridized carbons (Fsp3) is 0.517. The van der Waals surface area contributed by atoms with Gasteiger partial charge in [-0.15, -0.1) is 11.8 Å². The second-order valence-electron chi connectivity index (χ2n) is 11.1. The number of aliphatic imine (C=N–C) groups is 1. The molecule has 2 saturated heterocycles. The summed E-state index contributed by atoms with van der Waals surface area (Å²) in [5.74, 6) is -5.39. The Labute approximate surface area is 255 Å². The predicted molar refractivity (Wildman–Crippen MR) is 154 cm³/mol. The Morgan fingerprint density at radius 1 is 1.16 bits per heavy atom. The first kappa shape index (κ1) is 32.1. The first-order valence-electron chi connectivity index (χ1n) is 13.7. The van der Waals surface area contributed by atoms with Crippen LogP contribution in [-0.2, 0) is 9.47 Å². The molecule has 0 spiro atoms. The van der Waals surface area contributed by atoms with Crippen molar-refractivity contribution in [2.45, 2.75) is 85.3 Å². The number of alkyl halides is 2. The standard InChI is InChI=1S/C29H32ClF4N3O5S/c1-14-3-2-10-36-21(14)26(28(40)6-8-29(33,34)9-7-28)43-27-23(39)22(25-24(42-27)18(38)13-41-25)37-12-15(11-35)16-4-5-17(30)20(32)19(16)31/h2-5,10-12,18,22-27,38-40H,6-9,13,35H2,1H3/b15-11+,37-12?/t18?,22?,23?,24?,25-,26-,27+/m1/s1. The lowest BCUT2D eigenvalue weighted by molar-refractivity contribution is -0.142. The number of nitrogens with two attached hydrogens (primary N) is 1. The first-order valence-corrected chi connectivity index (χ1v) is 15.1. The van der Waals surface area contributed by atoms with E-state index in [-0.39, 0.29) is 30.6 Å². The van der Waals surface area contributed by atoms with Crippen LogP contribution in [0.5, 0.6) is 0 Å². The second-order valence-corrected chi connectivity index (χ2v) is 12.7. The highest BCUT2D eigenvalue weighted by Crippen LogP contribution is 2.52. The van der Waals surface area contributed by atoms with E-state index in [4.69, 9.17) is 26.8 Å². The third-order valence-corrected chi connectivity index (χ3v) is 10.1. The minimum absolute atomic E-state index is 0.00881. The topological polar surface area (TPSA) is 130 Å². The Balaban J connectivity index is 1.47. The van der Waals surface area contributed by atoms with E-state index < -0.39 is 82.2 Å². The zero-order valence-electron chi connectivity index (χ0n) is 23.0. The van der Waals surface area contributed by atoms with Gasteiger partial charge in [-0.2, -0.15) is 0 Å². The molecule has 3 aliphatic rings. The number of hydrogen-bond donors (Lipinski definition) is 4. The summed E-state index contributed by atoms with van der Waals surface area (Å²) in [5, 5.41) is 32.6. The Kier molecular flexibility index (Phi) is 9.44. The molecule has 5 N–H and O–H groups in total. The van der Waals surface area contributed by atoms with Gasteiger partial charge in [0.2, 0.25) is 5.92 Å². The van der Waals surface area contributed by atoms with E-state index in [1.807, 2.05) is 0 Å². The molecule has 1 aromatic carbocycles. The van der Waals surface area contributed by atoms with Gasteiger partial charge in [-0.05, 0) is 43.5 Å². The maximum atomic E-state index is 14.6. The molecule has 1 aromatic heterocycles.